The number of hydrogen-bond donors (Lipinski definition) is 3. The molecule has 0 fully saturated rings. The third kappa shape index (κ3) is 5.18. The first-order valence-corrected chi connectivity index (χ1v) is 11.5. The van der Waals surface area contributed by atoms with E-state index in [2.05, 4.69) is 21.7 Å². The molecule has 2 aromatic carbocycles. The van der Waals surface area contributed by atoms with E-state index in [1.165, 1.54) is 0 Å². The van der Waals surface area contributed by atoms with Crippen molar-refractivity contribution in [2.24, 2.45) is 0 Å². The molecule has 7 heteroatoms. The highest BCUT2D eigenvalue weighted by atomic mass is 16.5. The maximum atomic E-state index is 10.2. The SMILES string of the molecule is COc1c(NCCNc2ncc(C(C)(C)O)cc2C)cnc2c(-c3ccc(C#N)cc3)cccc12. The molecule has 0 amide bonds. The van der Waals surface area contributed by atoms with Crippen LogP contribution in [-0.4, -0.2) is 35.3 Å². The first-order valence-electron chi connectivity index (χ1n) is 11.5. The van der Waals surface area contributed by atoms with E-state index >= 15 is 0 Å². The average Bonchev–Trinajstić information content (AvgIpc) is 2.86. The van der Waals surface area contributed by atoms with Gasteiger partial charge < -0.3 is 20.5 Å². The van der Waals surface area contributed by atoms with Gasteiger partial charge in [-0.2, -0.15) is 5.26 Å². The van der Waals surface area contributed by atoms with Crippen LogP contribution in [0, 0.1) is 18.3 Å². The number of nitrogens with zero attached hydrogens (tertiary/aromatic N) is 3. The Labute approximate surface area is 205 Å². The standard InChI is InChI=1S/C28H29N5O2/c1-18-14-21(28(2,3)34)16-33-27(18)31-13-12-30-24-17-32-25-22(6-5-7-23(25)26(24)35-4)20-10-8-19(15-29)9-11-20/h5-11,14,16-17,30,34H,12-13H2,1-4H3,(H,31,33). The summed E-state index contributed by atoms with van der Waals surface area (Å²) in [6.45, 7) is 6.74. The maximum Gasteiger partial charge on any atom is 0.152 e. The van der Waals surface area contributed by atoms with Crippen LogP contribution in [0.25, 0.3) is 22.0 Å². The fraction of sp³-hybridized carbons (Fsp3) is 0.250. The number of para-hydroxylation sites is 1. The molecule has 2 aromatic heterocycles. The van der Waals surface area contributed by atoms with Gasteiger partial charge in [0.15, 0.2) is 5.75 Å². The Morgan fingerprint density at radius 1 is 1.03 bits per heavy atom. The summed E-state index contributed by atoms with van der Waals surface area (Å²) >= 11 is 0. The molecule has 2 heterocycles. The third-order valence-electron chi connectivity index (χ3n) is 5.89. The van der Waals surface area contributed by atoms with Crippen molar-refractivity contribution in [1.29, 1.82) is 5.26 Å². The molecule has 7 nitrogen and oxygen atoms in total. The number of aliphatic hydroxyl groups is 1. The van der Waals surface area contributed by atoms with E-state index in [1.54, 1.807) is 33.4 Å². The number of benzene rings is 2. The van der Waals surface area contributed by atoms with Gasteiger partial charge in [0, 0.05) is 35.8 Å². The number of nitrogens with one attached hydrogen (secondary N) is 2. The van der Waals surface area contributed by atoms with Crippen LogP contribution < -0.4 is 15.4 Å². The number of anilines is 2. The number of methoxy groups -OCH3 is 1. The fourth-order valence-electron chi connectivity index (χ4n) is 3.97. The summed E-state index contributed by atoms with van der Waals surface area (Å²) in [5, 5.41) is 26.9. The molecule has 0 saturated heterocycles. The molecule has 4 rings (SSSR count). The van der Waals surface area contributed by atoms with Crippen molar-refractivity contribution in [3.63, 3.8) is 0 Å². The Balaban J connectivity index is 1.50. The van der Waals surface area contributed by atoms with Gasteiger partial charge in [0.25, 0.3) is 0 Å². The molecule has 0 aliphatic heterocycles. The van der Waals surface area contributed by atoms with Crippen molar-refractivity contribution in [1.82, 2.24) is 9.97 Å². The van der Waals surface area contributed by atoms with Crippen molar-refractivity contribution in [3.8, 4) is 22.9 Å². The van der Waals surface area contributed by atoms with Gasteiger partial charge in [-0.05, 0) is 56.2 Å². The number of fused-ring (bicyclic) bond motifs is 1. The number of aromatic nitrogens is 2. The van der Waals surface area contributed by atoms with Gasteiger partial charge in [0.2, 0.25) is 0 Å². The minimum Gasteiger partial charge on any atom is -0.494 e. The minimum absolute atomic E-state index is 0.623. The predicted molar refractivity (Wildman–Crippen MR) is 140 cm³/mol. The number of hydrogen-bond acceptors (Lipinski definition) is 7. The lowest BCUT2D eigenvalue weighted by Gasteiger charge is -2.19. The molecular formula is C28H29N5O2. The minimum atomic E-state index is -0.919. The van der Waals surface area contributed by atoms with Crippen molar-refractivity contribution >= 4 is 22.4 Å². The zero-order chi connectivity index (χ0) is 25.0. The van der Waals surface area contributed by atoms with Gasteiger partial charge >= 0.3 is 0 Å². The lowest BCUT2D eigenvalue weighted by Crippen LogP contribution is -2.18. The molecular weight excluding hydrogens is 438 g/mol. The van der Waals surface area contributed by atoms with Crippen molar-refractivity contribution < 1.29 is 9.84 Å². The van der Waals surface area contributed by atoms with Crippen LogP contribution in [-0.2, 0) is 5.60 Å². The molecule has 35 heavy (non-hydrogen) atoms. The zero-order valence-electron chi connectivity index (χ0n) is 20.4. The largest absolute Gasteiger partial charge is 0.494 e. The summed E-state index contributed by atoms with van der Waals surface area (Å²) in [6.07, 6.45) is 3.49. The second-order valence-electron chi connectivity index (χ2n) is 8.90. The molecule has 0 aliphatic rings. The summed E-state index contributed by atoms with van der Waals surface area (Å²) in [7, 11) is 1.66. The number of rotatable bonds is 8. The molecule has 0 bridgehead atoms. The summed E-state index contributed by atoms with van der Waals surface area (Å²) in [4.78, 5) is 9.19. The van der Waals surface area contributed by atoms with Gasteiger partial charge in [0.1, 0.15) is 5.82 Å². The van der Waals surface area contributed by atoms with E-state index in [1.807, 2.05) is 55.5 Å². The number of ether oxygens (including phenoxy) is 1. The molecule has 3 N–H and O–H groups in total. The summed E-state index contributed by atoms with van der Waals surface area (Å²) < 4.78 is 5.76. The third-order valence-corrected chi connectivity index (χ3v) is 5.89. The Morgan fingerprint density at radius 2 is 1.77 bits per heavy atom. The summed E-state index contributed by atoms with van der Waals surface area (Å²) in [6, 6.07) is 17.6. The van der Waals surface area contributed by atoms with Gasteiger partial charge in [-0.3, -0.25) is 4.98 Å². The first-order chi connectivity index (χ1) is 16.8. The molecule has 0 spiro atoms. The second-order valence-corrected chi connectivity index (χ2v) is 8.90. The lowest BCUT2D eigenvalue weighted by atomic mass is 9.99. The quantitative estimate of drug-likeness (QED) is 0.305. The Kier molecular flexibility index (Phi) is 6.85. The normalized spacial score (nSPS) is 11.2. The van der Waals surface area contributed by atoms with Gasteiger partial charge in [0.05, 0.1) is 41.7 Å². The number of pyridine rings is 2. The zero-order valence-corrected chi connectivity index (χ0v) is 20.4. The topological polar surface area (TPSA) is 103 Å². The van der Waals surface area contributed by atoms with Gasteiger partial charge in [-0.1, -0.05) is 24.3 Å². The predicted octanol–water partition coefficient (Wildman–Crippen LogP) is 5.24. The highest BCUT2D eigenvalue weighted by Gasteiger charge is 2.17. The fourth-order valence-corrected chi connectivity index (χ4v) is 3.97. The van der Waals surface area contributed by atoms with E-state index in [4.69, 9.17) is 15.0 Å². The van der Waals surface area contributed by atoms with Crippen LogP contribution in [0.3, 0.4) is 0 Å². The van der Waals surface area contributed by atoms with Crippen LogP contribution >= 0.6 is 0 Å². The van der Waals surface area contributed by atoms with Crippen LogP contribution in [0.1, 0.15) is 30.5 Å². The second kappa shape index (κ2) is 10.00. The van der Waals surface area contributed by atoms with Crippen molar-refractivity contribution in [2.45, 2.75) is 26.4 Å². The number of aryl methyl sites for hydroxylation is 1. The smallest absolute Gasteiger partial charge is 0.152 e. The molecule has 0 unspecified atom stereocenters. The Hall–Kier alpha value is -4.15. The van der Waals surface area contributed by atoms with Crippen LogP contribution in [0.2, 0.25) is 0 Å². The molecule has 0 atom stereocenters. The van der Waals surface area contributed by atoms with Crippen LogP contribution in [0.15, 0.2) is 60.9 Å². The van der Waals surface area contributed by atoms with Crippen molar-refractivity contribution in [2.75, 3.05) is 30.8 Å². The van der Waals surface area contributed by atoms with E-state index in [-0.39, 0.29) is 0 Å². The molecule has 0 radical (unpaired) electrons. The highest BCUT2D eigenvalue weighted by Crippen LogP contribution is 2.36. The number of nitriles is 1. The summed E-state index contributed by atoms with van der Waals surface area (Å²) in [5.41, 5.74) is 5.08. The monoisotopic (exact) mass is 467 g/mol. The average molecular weight is 468 g/mol. The molecule has 0 aliphatic carbocycles. The van der Waals surface area contributed by atoms with E-state index < -0.39 is 5.60 Å². The van der Waals surface area contributed by atoms with E-state index in [0.717, 1.165) is 50.4 Å². The Morgan fingerprint density at radius 3 is 2.43 bits per heavy atom. The lowest BCUT2D eigenvalue weighted by molar-refractivity contribution is 0.0782. The first kappa shape index (κ1) is 24.0. The Bertz CT molecular complexity index is 1390. The highest BCUT2D eigenvalue weighted by molar-refractivity contribution is 5.99. The van der Waals surface area contributed by atoms with E-state index in [0.29, 0.717) is 18.7 Å². The van der Waals surface area contributed by atoms with Crippen LogP contribution in [0.4, 0.5) is 11.5 Å². The van der Waals surface area contributed by atoms with E-state index in [9.17, 15) is 5.11 Å². The van der Waals surface area contributed by atoms with Gasteiger partial charge in [-0.15, -0.1) is 0 Å². The van der Waals surface area contributed by atoms with Crippen LogP contribution in [0.5, 0.6) is 5.75 Å². The summed E-state index contributed by atoms with van der Waals surface area (Å²) in [5.74, 6) is 1.52. The molecule has 178 valence electrons. The van der Waals surface area contributed by atoms with Crippen molar-refractivity contribution in [3.05, 3.63) is 77.6 Å². The molecule has 0 saturated carbocycles. The molecule has 4 aromatic rings. The van der Waals surface area contributed by atoms with Gasteiger partial charge in [-0.25, -0.2) is 4.98 Å². The maximum absolute atomic E-state index is 10.2.